The molecule has 0 saturated carbocycles. The van der Waals surface area contributed by atoms with Crippen LogP contribution in [0, 0.1) is 0 Å². The van der Waals surface area contributed by atoms with Crippen molar-refractivity contribution in [3.8, 4) is 0 Å². The van der Waals surface area contributed by atoms with Crippen molar-refractivity contribution in [1.29, 1.82) is 0 Å². The van der Waals surface area contributed by atoms with Crippen LogP contribution in [0.15, 0.2) is 55.5 Å². The summed E-state index contributed by atoms with van der Waals surface area (Å²) in [5, 5.41) is 38.2. The largest absolute Gasteiger partial charge is 0.385 e. The van der Waals surface area contributed by atoms with E-state index in [1.54, 1.807) is 0 Å². The minimum Gasteiger partial charge on any atom is -0.385 e. The SMILES string of the molecule is N/N=N/N=N/N=N/N=N/N=N/N=ICO. The van der Waals surface area contributed by atoms with Crippen molar-refractivity contribution in [2.75, 3.05) is 4.61 Å². The van der Waals surface area contributed by atoms with E-state index in [0.29, 0.717) is 0 Å². The number of hydrogen-bond donors (Lipinski definition) is 2. The van der Waals surface area contributed by atoms with Crippen LogP contribution in [0.2, 0.25) is 0 Å². The van der Waals surface area contributed by atoms with E-state index in [-0.39, 0.29) is 4.61 Å². The number of alkyl halides is 1. The molecule has 0 bridgehead atoms. The monoisotopic (exact) mass is 328 g/mol. The Morgan fingerprint density at radius 2 is 1.27 bits per heavy atom. The molecule has 0 aromatic heterocycles. The third-order valence-electron chi connectivity index (χ3n) is 0.512. The molecule has 0 radical (unpaired) electrons. The number of nitrogens with zero attached hydrogens (tertiary/aromatic N) is 11. The van der Waals surface area contributed by atoms with Gasteiger partial charge in [0.05, 0.1) is 21.0 Å². The second-order valence-corrected chi connectivity index (χ2v) is 3.03. The molecule has 0 rings (SSSR count). The molecule has 15 heavy (non-hydrogen) atoms. The zero-order chi connectivity index (χ0) is 11.2. The highest BCUT2D eigenvalue weighted by Crippen LogP contribution is 1.97. The van der Waals surface area contributed by atoms with E-state index < -0.39 is 21.0 Å². The van der Waals surface area contributed by atoms with Gasteiger partial charge >= 0.3 is 0 Å². The lowest BCUT2D eigenvalue weighted by Crippen LogP contribution is -1.70. The van der Waals surface area contributed by atoms with E-state index in [1.807, 2.05) is 0 Å². The number of aliphatic hydroxyl groups excluding tert-OH is 1. The van der Waals surface area contributed by atoms with Crippen LogP contribution in [0.3, 0.4) is 0 Å². The van der Waals surface area contributed by atoms with Gasteiger partial charge in [-0.15, -0.1) is 3.25 Å². The lowest BCUT2D eigenvalue weighted by molar-refractivity contribution is 0.387. The molecule has 0 amide bonds. The van der Waals surface area contributed by atoms with Gasteiger partial charge in [0.2, 0.25) is 0 Å². The molecular formula is CH5IN12O. The molecule has 3 N–H and O–H groups in total. The van der Waals surface area contributed by atoms with Gasteiger partial charge in [0, 0.05) is 0 Å². The van der Waals surface area contributed by atoms with E-state index in [1.165, 1.54) is 0 Å². The number of nitrogens with two attached hydrogens (primary N) is 1. The van der Waals surface area contributed by atoms with Gasteiger partial charge in [-0.1, -0.05) is 5.22 Å². The third kappa shape index (κ3) is 12.3. The third-order valence-corrected chi connectivity index (χ3v) is 1.32. The summed E-state index contributed by atoms with van der Waals surface area (Å²) in [4.78, 5) is 0. The Kier molecular flexibility index (Phi) is 10.9. The van der Waals surface area contributed by atoms with E-state index in [9.17, 15) is 0 Å². The standard InChI is InChI=1S/CH5IN12O/c3-5-7-9-11-13-14-12-10-8-6-4-2-1-15/h15H,1H2,(H2,3,6,7,10,11,14). The summed E-state index contributed by atoms with van der Waals surface area (Å²) in [5.74, 6) is 4.59. The summed E-state index contributed by atoms with van der Waals surface area (Å²) in [5.41, 5.74) is 0. The van der Waals surface area contributed by atoms with E-state index in [2.05, 4.69) is 61.3 Å². The van der Waals surface area contributed by atoms with Gasteiger partial charge in [0.25, 0.3) is 0 Å². The first kappa shape index (κ1) is 13.3. The van der Waals surface area contributed by atoms with Gasteiger partial charge < -0.3 is 10.9 Å². The molecule has 0 aliphatic carbocycles. The van der Waals surface area contributed by atoms with Crippen molar-refractivity contribution in [2.45, 2.75) is 0 Å². The Morgan fingerprint density at radius 1 is 0.800 bits per heavy atom. The number of rotatable bonds is 6. The van der Waals surface area contributed by atoms with Crippen LogP contribution in [-0.2, 0) is 0 Å². The Morgan fingerprint density at radius 3 is 1.73 bits per heavy atom. The molecule has 82 valence electrons. The summed E-state index contributed by atoms with van der Waals surface area (Å²) in [6, 6.07) is 0. The van der Waals surface area contributed by atoms with Gasteiger partial charge in [-0.05, 0) is 47.0 Å². The first-order valence-corrected chi connectivity index (χ1v) is 5.50. The van der Waals surface area contributed by atoms with Crippen LogP contribution < -0.4 is 5.84 Å². The van der Waals surface area contributed by atoms with E-state index in [0.717, 1.165) is 0 Å². The van der Waals surface area contributed by atoms with Crippen molar-refractivity contribution in [3.63, 3.8) is 0 Å². The fourth-order valence-corrected chi connectivity index (χ4v) is 0.570. The first-order chi connectivity index (χ1) is 7.41. The van der Waals surface area contributed by atoms with Crippen molar-refractivity contribution in [1.82, 2.24) is 0 Å². The van der Waals surface area contributed by atoms with Crippen LogP contribution in [0.1, 0.15) is 0 Å². The molecule has 0 spiro atoms. The van der Waals surface area contributed by atoms with Gasteiger partial charge in [-0.3, -0.25) is 0 Å². The molecule has 0 saturated heterocycles. The molecule has 13 nitrogen and oxygen atoms in total. The maximum atomic E-state index is 8.33. The first-order valence-electron chi connectivity index (χ1n) is 3.01. The highest BCUT2D eigenvalue weighted by molar-refractivity contribution is 14.2. The highest BCUT2D eigenvalue weighted by Gasteiger charge is 1.69. The second kappa shape index (κ2) is 12.3. The zero-order valence-electron chi connectivity index (χ0n) is 7.03. The maximum absolute atomic E-state index is 8.33. The van der Waals surface area contributed by atoms with Gasteiger partial charge in [0.15, 0.2) is 0 Å². The van der Waals surface area contributed by atoms with Crippen LogP contribution in [-0.4, -0.2) is 9.72 Å². The molecule has 0 fully saturated rings. The van der Waals surface area contributed by atoms with Crippen LogP contribution >= 0.6 is 21.0 Å². The predicted molar refractivity (Wildman–Crippen MR) is 52.0 cm³/mol. The molecule has 0 aliphatic rings. The fourth-order valence-electron chi connectivity index (χ4n) is 0.211. The molecule has 0 aromatic carbocycles. The normalized spacial score (nSPS) is 14.5. The quantitative estimate of drug-likeness (QED) is 0.248. The highest BCUT2D eigenvalue weighted by atomic mass is 127. The second-order valence-electron chi connectivity index (χ2n) is 1.24. The van der Waals surface area contributed by atoms with Crippen molar-refractivity contribution >= 4 is 21.0 Å². The van der Waals surface area contributed by atoms with E-state index >= 15 is 0 Å². The summed E-state index contributed by atoms with van der Waals surface area (Å²) in [6.07, 6.45) is 0. The Labute approximate surface area is 92.4 Å². The molecule has 0 atom stereocenters. The Balaban J connectivity index is 3.70. The topological polar surface area (TPSA) is 182 Å². The van der Waals surface area contributed by atoms with Gasteiger partial charge in [-0.2, -0.15) is 0 Å². The smallest absolute Gasteiger partial charge is 0.108 e. The average Bonchev–Trinajstić information content (AvgIpc) is 2.26. The average molecular weight is 328 g/mol. The molecule has 0 heterocycles. The summed E-state index contributed by atoms with van der Waals surface area (Å²) < 4.78 is 3.45. The Hall–Kier alpha value is -1.71. The van der Waals surface area contributed by atoms with Gasteiger partial charge in [-0.25, -0.2) is 0 Å². The molecule has 0 aliphatic heterocycles. The lowest BCUT2D eigenvalue weighted by Gasteiger charge is -1.70. The predicted octanol–water partition coefficient (Wildman–Crippen LogP) is 1.80. The fraction of sp³-hybridized carbons (Fsp3) is 1.00. The Bertz CT molecular complexity index is 299. The van der Waals surface area contributed by atoms with E-state index in [4.69, 9.17) is 5.11 Å². The number of hydrogen-bond acceptors (Lipinski definition) is 3. The molecule has 14 heteroatoms. The molecular weight excluding hydrogens is 323 g/mol. The summed E-state index contributed by atoms with van der Waals surface area (Å²) >= 11 is -0.712. The minimum absolute atomic E-state index is 0.00910. The number of aliphatic hydroxyl groups is 1. The number of halogens is 1. The van der Waals surface area contributed by atoms with Crippen molar-refractivity contribution in [2.24, 2.45) is 61.3 Å². The van der Waals surface area contributed by atoms with Crippen molar-refractivity contribution in [3.05, 3.63) is 0 Å². The van der Waals surface area contributed by atoms with Gasteiger partial charge in [0.1, 0.15) is 4.61 Å². The summed E-state index contributed by atoms with van der Waals surface area (Å²) in [7, 11) is 0. The van der Waals surface area contributed by atoms with Crippen LogP contribution in [0.4, 0.5) is 0 Å². The van der Waals surface area contributed by atoms with Crippen LogP contribution in [0.25, 0.3) is 0 Å². The lowest BCUT2D eigenvalue weighted by atomic mass is 11.8. The zero-order valence-corrected chi connectivity index (χ0v) is 9.19. The van der Waals surface area contributed by atoms with Crippen molar-refractivity contribution < 1.29 is 5.11 Å². The molecule has 0 aromatic rings. The molecule has 0 unspecified atom stereocenters. The van der Waals surface area contributed by atoms with Crippen LogP contribution in [0.5, 0.6) is 0 Å². The minimum atomic E-state index is -0.712. The summed E-state index contributed by atoms with van der Waals surface area (Å²) in [6.45, 7) is 0. The maximum Gasteiger partial charge on any atom is 0.108 e.